The molecule has 0 aromatic rings. The molecular weight excluding hydrogens is 164 g/mol. The van der Waals surface area contributed by atoms with Gasteiger partial charge in [0.25, 0.3) is 0 Å². The van der Waals surface area contributed by atoms with E-state index in [4.69, 9.17) is 0 Å². The Labute approximate surface area is 79.8 Å². The summed E-state index contributed by atoms with van der Waals surface area (Å²) in [6.07, 6.45) is 0. The van der Waals surface area contributed by atoms with Crippen molar-refractivity contribution in [1.82, 2.24) is 9.80 Å². The SMILES string of the molecule is CC(C)[SiH2]C(C)(N(C)C)N(C)C. The molecule has 0 unspecified atom stereocenters. The highest BCUT2D eigenvalue weighted by molar-refractivity contribution is 6.41. The van der Waals surface area contributed by atoms with Gasteiger partial charge in [-0.1, -0.05) is 19.4 Å². The maximum Gasteiger partial charge on any atom is 0.0654 e. The van der Waals surface area contributed by atoms with Crippen LogP contribution in [0.1, 0.15) is 20.8 Å². The molecule has 0 aliphatic carbocycles. The highest BCUT2D eigenvalue weighted by atomic mass is 28.2. The molecule has 0 N–H and O–H groups in total. The van der Waals surface area contributed by atoms with Crippen LogP contribution in [-0.4, -0.2) is 52.8 Å². The minimum Gasteiger partial charge on any atom is -0.295 e. The molecule has 0 aromatic heterocycles. The van der Waals surface area contributed by atoms with Crippen LogP contribution >= 0.6 is 0 Å². The smallest absolute Gasteiger partial charge is 0.0654 e. The van der Waals surface area contributed by atoms with Gasteiger partial charge in [-0.2, -0.15) is 0 Å². The standard InChI is InChI=1S/C9H24N2Si/c1-8(2)12-9(3,10(4)5)11(6)7/h8H,12H2,1-7H3. The van der Waals surface area contributed by atoms with E-state index in [1.54, 1.807) is 0 Å². The summed E-state index contributed by atoms with van der Waals surface area (Å²) in [5, 5.41) is 0.328. The van der Waals surface area contributed by atoms with Crippen molar-refractivity contribution in [2.24, 2.45) is 0 Å². The van der Waals surface area contributed by atoms with Gasteiger partial charge in [0.05, 0.1) is 14.8 Å². The first-order chi connectivity index (χ1) is 5.30. The first-order valence-electron chi connectivity index (χ1n) is 4.65. The Hall–Kier alpha value is 0.137. The third-order valence-corrected chi connectivity index (χ3v) is 5.58. The molecule has 0 heterocycles. The molecule has 0 aromatic carbocycles. The zero-order valence-electron chi connectivity index (χ0n) is 9.68. The third kappa shape index (κ3) is 2.88. The Kier molecular flexibility index (Phi) is 4.44. The second kappa shape index (κ2) is 4.39. The molecule has 0 aliphatic rings. The fourth-order valence-electron chi connectivity index (χ4n) is 1.54. The average molecular weight is 188 g/mol. The first kappa shape index (κ1) is 12.1. The van der Waals surface area contributed by atoms with Crippen LogP contribution in [0.3, 0.4) is 0 Å². The number of nitrogens with zero attached hydrogens (tertiary/aromatic N) is 2. The summed E-state index contributed by atoms with van der Waals surface area (Å²) in [5.74, 6) is 0. The highest BCUT2D eigenvalue weighted by Gasteiger charge is 2.30. The van der Waals surface area contributed by atoms with E-state index in [9.17, 15) is 0 Å². The Morgan fingerprint density at radius 3 is 1.42 bits per heavy atom. The second-order valence-electron chi connectivity index (χ2n) is 4.60. The van der Waals surface area contributed by atoms with Gasteiger partial charge in [-0.25, -0.2) is 0 Å². The topological polar surface area (TPSA) is 6.48 Å². The van der Waals surface area contributed by atoms with Crippen LogP contribution in [0.25, 0.3) is 0 Å². The Bertz CT molecular complexity index is 124. The van der Waals surface area contributed by atoms with Gasteiger partial charge in [0, 0.05) is 0 Å². The molecule has 0 saturated carbocycles. The Morgan fingerprint density at radius 1 is 1.00 bits per heavy atom. The van der Waals surface area contributed by atoms with Gasteiger partial charge < -0.3 is 0 Å². The van der Waals surface area contributed by atoms with Crippen LogP contribution in [0, 0.1) is 0 Å². The first-order valence-corrected chi connectivity index (χ1v) is 6.18. The maximum atomic E-state index is 2.35. The molecule has 12 heavy (non-hydrogen) atoms. The lowest BCUT2D eigenvalue weighted by molar-refractivity contribution is 0.0981. The predicted octanol–water partition coefficient (Wildman–Crippen LogP) is 0.780. The summed E-state index contributed by atoms with van der Waals surface area (Å²) in [5.41, 5.74) is 0.875. The summed E-state index contributed by atoms with van der Waals surface area (Å²) >= 11 is 0. The van der Waals surface area contributed by atoms with Gasteiger partial charge in [-0.05, 0) is 35.1 Å². The summed E-state index contributed by atoms with van der Waals surface area (Å²) in [4.78, 5) is 4.69. The van der Waals surface area contributed by atoms with E-state index in [0.29, 0.717) is 5.29 Å². The summed E-state index contributed by atoms with van der Waals surface area (Å²) in [7, 11) is 8.62. The maximum absolute atomic E-state index is 2.35. The molecule has 0 radical (unpaired) electrons. The van der Waals surface area contributed by atoms with Gasteiger partial charge in [0.15, 0.2) is 0 Å². The van der Waals surface area contributed by atoms with E-state index in [-0.39, 0.29) is 9.52 Å². The molecular formula is C9H24N2Si. The lowest BCUT2D eigenvalue weighted by Gasteiger charge is -2.43. The van der Waals surface area contributed by atoms with Crippen molar-refractivity contribution < 1.29 is 0 Å². The van der Waals surface area contributed by atoms with E-state index in [1.807, 2.05) is 0 Å². The molecule has 74 valence electrons. The molecule has 2 nitrogen and oxygen atoms in total. The van der Waals surface area contributed by atoms with Crippen molar-refractivity contribution in [2.45, 2.75) is 31.6 Å². The normalized spacial score (nSPS) is 14.5. The van der Waals surface area contributed by atoms with Crippen LogP contribution in [-0.2, 0) is 0 Å². The molecule has 3 heteroatoms. The van der Waals surface area contributed by atoms with Crippen molar-refractivity contribution in [3.8, 4) is 0 Å². The fraction of sp³-hybridized carbons (Fsp3) is 1.00. The molecule has 0 spiro atoms. The van der Waals surface area contributed by atoms with Crippen LogP contribution in [0.4, 0.5) is 0 Å². The quantitative estimate of drug-likeness (QED) is 0.475. The summed E-state index contributed by atoms with van der Waals surface area (Å²) < 4.78 is 0. The van der Waals surface area contributed by atoms with Crippen molar-refractivity contribution in [3.05, 3.63) is 0 Å². The summed E-state index contributed by atoms with van der Waals surface area (Å²) in [6.45, 7) is 7.01. The molecule has 0 fully saturated rings. The van der Waals surface area contributed by atoms with Gasteiger partial charge >= 0.3 is 0 Å². The highest BCUT2D eigenvalue weighted by Crippen LogP contribution is 2.17. The Balaban J connectivity index is 4.40. The van der Waals surface area contributed by atoms with Crippen molar-refractivity contribution in [2.75, 3.05) is 28.2 Å². The molecule has 0 amide bonds. The number of hydrogen-bond donors (Lipinski definition) is 0. The number of rotatable bonds is 4. The van der Waals surface area contributed by atoms with E-state index in [0.717, 1.165) is 5.54 Å². The molecule has 0 rings (SSSR count). The van der Waals surface area contributed by atoms with Crippen molar-refractivity contribution in [1.29, 1.82) is 0 Å². The molecule has 0 aliphatic heterocycles. The van der Waals surface area contributed by atoms with Crippen molar-refractivity contribution in [3.63, 3.8) is 0 Å². The Morgan fingerprint density at radius 2 is 1.33 bits per heavy atom. The third-order valence-electron chi connectivity index (χ3n) is 2.72. The molecule has 0 bridgehead atoms. The fourth-order valence-corrected chi connectivity index (χ4v) is 3.82. The lowest BCUT2D eigenvalue weighted by atomic mass is 10.4. The number of hydrogen-bond acceptors (Lipinski definition) is 2. The lowest BCUT2D eigenvalue weighted by Crippen LogP contribution is -2.57. The van der Waals surface area contributed by atoms with Crippen LogP contribution in [0.15, 0.2) is 0 Å². The average Bonchev–Trinajstić information content (AvgIpc) is 1.84. The van der Waals surface area contributed by atoms with E-state index >= 15 is 0 Å². The van der Waals surface area contributed by atoms with Crippen molar-refractivity contribution >= 4 is 9.52 Å². The monoisotopic (exact) mass is 188 g/mol. The zero-order valence-corrected chi connectivity index (χ0v) is 11.1. The predicted molar refractivity (Wildman–Crippen MR) is 59.4 cm³/mol. The van der Waals surface area contributed by atoms with E-state index in [1.165, 1.54) is 0 Å². The van der Waals surface area contributed by atoms with Crippen LogP contribution in [0.5, 0.6) is 0 Å². The summed E-state index contributed by atoms with van der Waals surface area (Å²) in [6, 6.07) is 0. The zero-order chi connectivity index (χ0) is 9.94. The largest absolute Gasteiger partial charge is 0.295 e. The minimum absolute atomic E-state index is 0.0795. The van der Waals surface area contributed by atoms with Gasteiger partial charge in [-0.15, -0.1) is 0 Å². The van der Waals surface area contributed by atoms with E-state index < -0.39 is 0 Å². The van der Waals surface area contributed by atoms with Crippen LogP contribution < -0.4 is 0 Å². The molecule has 0 atom stereocenters. The molecule has 0 saturated heterocycles. The van der Waals surface area contributed by atoms with E-state index in [2.05, 4.69) is 58.8 Å². The second-order valence-corrected chi connectivity index (χ2v) is 7.98. The van der Waals surface area contributed by atoms with Gasteiger partial charge in [0.1, 0.15) is 0 Å². The van der Waals surface area contributed by atoms with Gasteiger partial charge in [0.2, 0.25) is 0 Å². The minimum atomic E-state index is -0.0795. The van der Waals surface area contributed by atoms with Gasteiger partial charge in [-0.3, -0.25) is 9.80 Å². The van der Waals surface area contributed by atoms with Crippen LogP contribution in [0.2, 0.25) is 5.54 Å².